The Bertz CT molecular complexity index is 838. The molecule has 0 aliphatic rings. The monoisotopic (exact) mass is 328 g/mol. The lowest BCUT2D eigenvalue weighted by Gasteiger charge is -2.07. The topological polar surface area (TPSA) is 86.9 Å². The Morgan fingerprint density at radius 3 is 3.04 bits per heavy atom. The Hall–Kier alpha value is -2.74. The number of nitrogens with zero attached hydrogens (tertiary/aromatic N) is 5. The summed E-state index contributed by atoms with van der Waals surface area (Å²) in [6.07, 6.45) is 4.19. The van der Waals surface area contributed by atoms with Gasteiger partial charge in [0.05, 0.1) is 6.61 Å². The van der Waals surface area contributed by atoms with Gasteiger partial charge in [0, 0.05) is 45.3 Å². The lowest BCUT2D eigenvalue weighted by atomic mass is 10.3. The number of hydrogen-bond donors (Lipinski definition) is 1. The van der Waals surface area contributed by atoms with Crippen LogP contribution in [0.25, 0.3) is 11.0 Å². The molecule has 0 saturated heterocycles. The highest BCUT2D eigenvalue weighted by atomic mass is 16.5. The van der Waals surface area contributed by atoms with Gasteiger partial charge in [-0.1, -0.05) is 0 Å². The zero-order valence-corrected chi connectivity index (χ0v) is 13.8. The molecule has 0 spiro atoms. The molecular formula is C16H20N6O2. The number of fused-ring (bicyclic) bond motifs is 1. The Morgan fingerprint density at radius 2 is 2.21 bits per heavy atom. The van der Waals surface area contributed by atoms with E-state index in [2.05, 4.69) is 20.5 Å². The fourth-order valence-electron chi connectivity index (χ4n) is 2.49. The molecule has 0 aromatic carbocycles. The maximum atomic E-state index is 12.3. The van der Waals surface area contributed by atoms with Gasteiger partial charge in [-0.3, -0.25) is 4.79 Å². The van der Waals surface area contributed by atoms with Crippen molar-refractivity contribution in [3.8, 4) is 0 Å². The largest absolute Gasteiger partial charge is 0.383 e. The average molecular weight is 328 g/mol. The van der Waals surface area contributed by atoms with Crippen molar-refractivity contribution < 1.29 is 9.53 Å². The van der Waals surface area contributed by atoms with E-state index in [0.29, 0.717) is 31.8 Å². The molecule has 0 aliphatic carbocycles. The Morgan fingerprint density at radius 1 is 1.33 bits per heavy atom. The number of aryl methyl sites for hydroxylation is 1. The van der Waals surface area contributed by atoms with Gasteiger partial charge in [-0.25, -0.2) is 4.98 Å². The fourth-order valence-corrected chi connectivity index (χ4v) is 2.49. The van der Waals surface area contributed by atoms with E-state index in [0.717, 1.165) is 16.9 Å². The third kappa shape index (κ3) is 3.43. The molecule has 0 unspecified atom stereocenters. The van der Waals surface area contributed by atoms with Crippen LogP contribution in [0.5, 0.6) is 0 Å². The molecule has 3 aromatic rings. The number of pyridine rings is 1. The number of nitrogens with one attached hydrogen (secondary N) is 1. The van der Waals surface area contributed by atoms with E-state index >= 15 is 0 Å². The van der Waals surface area contributed by atoms with Crippen molar-refractivity contribution >= 4 is 16.9 Å². The van der Waals surface area contributed by atoms with Crippen LogP contribution in [0.2, 0.25) is 0 Å². The van der Waals surface area contributed by atoms with Gasteiger partial charge in [-0.2, -0.15) is 0 Å². The van der Waals surface area contributed by atoms with Gasteiger partial charge in [0.15, 0.2) is 0 Å². The predicted molar refractivity (Wildman–Crippen MR) is 88.6 cm³/mol. The van der Waals surface area contributed by atoms with Crippen molar-refractivity contribution in [1.82, 2.24) is 29.6 Å². The van der Waals surface area contributed by atoms with Crippen molar-refractivity contribution in [2.45, 2.75) is 13.0 Å². The summed E-state index contributed by atoms with van der Waals surface area (Å²) in [5, 5.41) is 11.9. The lowest BCUT2D eigenvalue weighted by Crippen LogP contribution is -2.27. The van der Waals surface area contributed by atoms with Crippen molar-refractivity contribution in [3.63, 3.8) is 0 Å². The molecule has 0 atom stereocenters. The number of rotatable bonds is 7. The van der Waals surface area contributed by atoms with E-state index in [4.69, 9.17) is 4.74 Å². The number of ether oxygens (including phenoxy) is 1. The van der Waals surface area contributed by atoms with Crippen LogP contribution in [-0.2, 0) is 24.8 Å². The molecule has 0 saturated carbocycles. The van der Waals surface area contributed by atoms with Gasteiger partial charge < -0.3 is 19.2 Å². The molecule has 3 aromatic heterocycles. The summed E-state index contributed by atoms with van der Waals surface area (Å²) in [4.78, 5) is 16.7. The lowest BCUT2D eigenvalue weighted by molar-refractivity contribution is 0.0949. The third-order valence-electron chi connectivity index (χ3n) is 3.82. The fraction of sp³-hybridized carbons (Fsp3) is 0.375. The molecule has 8 heteroatoms. The number of carbonyl (C=O) groups is 1. The van der Waals surface area contributed by atoms with Crippen LogP contribution < -0.4 is 5.32 Å². The van der Waals surface area contributed by atoms with Gasteiger partial charge in [-0.05, 0) is 18.2 Å². The minimum Gasteiger partial charge on any atom is -0.383 e. The van der Waals surface area contributed by atoms with Crippen LogP contribution in [0.4, 0.5) is 0 Å². The van der Waals surface area contributed by atoms with Gasteiger partial charge in [0.1, 0.15) is 23.5 Å². The molecule has 1 N–H and O–H groups in total. The van der Waals surface area contributed by atoms with Crippen LogP contribution in [-0.4, -0.2) is 50.5 Å². The molecule has 0 bridgehead atoms. The maximum Gasteiger partial charge on any atom is 0.269 e. The van der Waals surface area contributed by atoms with E-state index < -0.39 is 0 Å². The highest BCUT2D eigenvalue weighted by Crippen LogP contribution is 2.12. The number of methoxy groups -OCH3 is 1. The van der Waals surface area contributed by atoms with Gasteiger partial charge in [0.2, 0.25) is 0 Å². The Balaban J connectivity index is 1.59. The van der Waals surface area contributed by atoms with Crippen molar-refractivity contribution in [2.24, 2.45) is 7.05 Å². The molecular weight excluding hydrogens is 308 g/mol. The van der Waals surface area contributed by atoms with Crippen LogP contribution in [0, 0.1) is 0 Å². The summed E-state index contributed by atoms with van der Waals surface area (Å²) in [7, 11) is 3.56. The minimum absolute atomic E-state index is 0.193. The van der Waals surface area contributed by atoms with Gasteiger partial charge in [-0.15, -0.1) is 10.2 Å². The molecule has 3 rings (SSSR count). The van der Waals surface area contributed by atoms with Crippen molar-refractivity contribution in [1.29, 1.82) is 0 Å². The number of aromatic nitrogens is 5. The molecule has 126 valence electrons. The summed E-state index contributed by atoms with van der Waals surface area (Å²) >= 11 is 0. The first-order valence-electron chi connectivity index (χ1n) is 7.75. The van der Waals surface area contributed by atoms with Gasteiger partial charge in [0.25, 0.3) is 5.91 Å². The highest BCUT2D eigenvalue weighted by Gasteiger charge is 2.10. The molecule has 8 nitrogen and oxygen atoms in total. The molecule has 3 heterocycles. The van der Waals surface area contributed by atoms with Crippen LogP contribution in [0.1, 0.15) is 16.3 Å². The zero-order valence-electron chi connectivity index (χ0n) is 13.8. The highest BCUT2D eigenvalue weighted by molar-refractivity contribution is 5.94. The van der Waals surface area contributed by atoms with Crippen LogP contribution in [0.15, 0.2) is 30.7 Å². The Labute approximate surface area is 139 Å². The van der Waals surface area contributed by atoms with E-state index in [1.807, 2.05) is 34.5 Å². The predicted octanol–water partition coefficient (Wildman–Crippen LogP) is 0.784. The SMILES string of the molecule is COCCn1cnnc1CCNC(=O)c1ccc2ccn(C)c2n1. The molecule has 0 fully saturated rings. The average Bonchev–Trinajstić information content (AvgIpc) is 3.19. The second-order valence-electron chi connectivity index (χ2n) is 5.48. The number of amides is 1. The molecule has 0 aliphatic heterocycles. The van der Waals surface area contributed by atoms with Gasteiger partial charge >= 0.3 is 0 Å². The molecule has 24 heavy (non-hydrogen) atoms. The molecule has 1 amide bonds. The zero-order chi connectivity index (χ0) is 16.9. The summed E-state index contributed by atoms with van der Waals surface area (Å²) in [5.74, 6) is 0.624. The van der Waals surface area contributed by atoms with E-state index in [1.54, 1.807) is 19.5 Å². The first-order chi connectivity index (χ1) is 11.7. The second-order valence-corrected chi connectivity index (χ2v) is 5.48. The minimum atomic E-state index is -0.193. The molecule has 0 radical (unpaired) electrons. The van der Waals surface area contributed by atoms with Crippen LogP contribution in [0.3, 0.4) is 0 Å². The summed E-state index contributed by atoms with van der Waals surface area (Å²) in [5.41, 5.74) is 1.20. The third-order valence-corrected chi connectivity index (χ3v) is 3.82. The van der Waals surface area contributed by atoms with Crippen molar-refractivity contribution in [2.75, 3.05) is 20.3 Å². The Kier molecular flexibility index (Phi) is 4.85. The summed E-state index contributed by atoms with van der Waals surface area (Å²) in [6, 6.07) is 5.61. The number of carbonyl (C=O) groups excluding carboxylic acids is 1. The first kappa shape index (κ1) is 16.1. The first-order valence-corrected chi connectivity index (χ1v) is 7.75. The number of hydrogen-bond acceptors (Lipinski definition) is 5. The maximum absolute atomic E-state index is 12.3. The normalized spacial score (nSPS) is 11.1. The quantitative estimate of drug-likeness (QED) is 0.693. The van der Waals surface area contributed by atoms with Crippen molar-refractivity contribution in [3.05, 3.63) is 42.2 Å². The standard InChI is InChI=1S/C16H20N6O2/c1-21-8-6-12-3-4-13(19-15(12)21)16(23)17-7-5-14-20-18-11-22(14)9-10-24-2/h3-4,6,8,11H,5,7,9-10H2,1-2H3,(H,17,23). The van der Waals surface area contributed by atoms with Crippen LogP contribution >= 0.6 is 0 Å². The summed E-state index contributed by atoms with van der Waals surface area (Å²) in [6.45, 7) is 1.76. The second kappa shape index (κ2) is 7.22. The van der Waals surface area contributed by atoms with E-state index in [-0.39, 0.29) is 5.91 Å². The summed E-state index contributed by atoms with van der Waals surface area (Å²) < 4.78 is 8.87. The smallest absolute Gasteiger partial charge is 0.269 e. The van der Waals surface area contributed by atoms with E-state index in [1.165, 1.54) is 0 Å². The van der Waals surface area contributed by atoms with E-state index in [9.17, 15) is 4.79 Å².